The molecule has 138 valence electrons. The Morgan fingerprint density at radius 2 is 2.12 bits per heavy atom. The lowest BCUT2D eigenvalue weighted by molar-refractivity contribution is -0.147. The zero-order valence-electron chi connectivity index (χ0n) is 14.5. The van der Waals surface area contributed by atoms with Gasteiger partial charge in [-0.1, -0.05) is 29.8 Å². The first-order valence-electron chi connectivity index (χ1n) is 8.38. The van der Waals surface area contributed by atoms with Crippen molar-refractivity contribution in [2.75, 3.05) is 25.0 Å². The first kappa shape index (κ1) is 18.4. The van der Waals surface area contributed by atoms with E-state index in [1.165, 1.54) is 0 Å². The van der Waals surface area contributed by atoms with Crippen molar-refractivity contribution in [1.29, 1.82) is 0 Å². The van der Waals surface area contributed by atoms with Gasteiger partial charge in [0, 0.05) is 17.6 Å². The topological polar surface area (TPSA) is 87.5 Å². The van der Waals surface area contributed by atoms with E-state index < -0.39 is 11.4 Å². The molecule has 0 spiro atoms. The first-order chi connectivity index (χ1) is 12.4. The number of anilines is 1. The summed E-state index contributed by atoms with van der Waals surface area (Å²) in [6, 6.07) is 9.20. The van der Waals surface area contributed by atoms with Crippen LogP contribution < -0.4 is 5.32 Å². The molecule has 1 aliphatic heterocycles. The summed E-state index contributed by atoms with van der Waals surface area (Å²) in [4.78, 5) is 25.5. The summed E-state index contributed by atoms with van der Waals surface area (Å²) in [5.41, 5.74) is 0.122. The number of rotatable bonds is 6. The Hall–Kier alpha value is -2.38. The van der Waals surface area contributed by atoms with Crippen molar-refractivity contribution < 1.29 is 14.7 Å². The second kappa shape index (κ2) is 7.47. The lowest BCUT2D eigenvalue weighted by Gasteiger charge is -2.19. The number of amides is 1. The van der Waals surface area contributed by atoms with Gasteiger partial charge in [0.2, 0.25) is 5.91 Å². The summed E-state index contributed by atoms with van der Waals surface area (Å²) >= 11 is 6.18. The van der Waals surface area contributed by atoms with Crippen LogP contribution in [0.25, 0.3) is 0 Å². The molecule has 1 aliphatic rings. The molecule has 1 aromatic carbocycles. The highest BCUT2D eigenvalue weighted by molar-refractivity contribution is 6.31. The molecule has 8 heteroatoms. The van der Waals surface area contributed by atoms with Gasteiger partial charge in [0.15, 0.2) is 0 Å². The first-order valence-corrected chi connectivity index (χ1v) is 8.76. The van der Waals surface area contributed by atoms with Gasteiger partial charge in [-0.05, 0) is 31.5 Å². The van der Waals surface area contributed by atoms with Crippen LogP contribution in [0.3, 0.4) is 0 Å². The number of carbonyl (C=O) groups excluding carboxylic acids is 1. The van der Waals surface area contributed by atoms with Gasteiger partial charge in [-0.3, -0.25) is 14.5 Å². The molecule has 2 aromatic rings. The number of nitrogens with zero attached hydrogens (tertiary/aromatic N) is 3. The zero-order valence-corrected chi connectivity index (χ0v) is 15.2. The van der Waals surface area contributed by atoms with Gasteiger partial charge in [0.25, 0.3) is 0 Å². The van der Waals surface area contributed by atoms with E-state index in [0.717, 1.165) is 5.56 Å². The van der Waals surface area contributed by atoms with Crippen molar-refractivity contribution in [1.82, 2.24) is 14.7 Å². The summed E-state index contributed by atoms with van der Waals surface area (Å²) in [5, 5.41) is 17.0. The Labute approximate surface area is 156 Å². The number of hydrogen-bond donors (Lipinski definition) is 2. The van der Waals surface area contributed by atoms with Crippen LogP contribution >= 0.6 is 11.6 Å². The number of aromatic nitrogens is 2. The van der Waals surface area contributed by atoms with Crippen molar-refractivity contribution in [2.24, 2.45) is 5.41 Å². The fraction of sp³-hybridized carbons (Fsp3) is 0.389. The lowest BCUT2D eigenvalue weighted by atomic mass is 9.90. The minimum absolute atomic E-state index is 0.153. The van der Waals surface area contributed by atoms with Gasteiger partial charge in [-0.25, -0.2) is 4.68 Å². The van der Waals surface area contributed by atoms with E-state index >= 15 is 0 Å². The van der Waals surface area contributed by atoms with Crippen LogP contribution in [0.1, 0.15) is 18.9 Å². The van der Waals surface area contributed by atoms with Crippen LogP contribution in [0, 0.1) is 5.41 Å². The zero-order chi connectivity index (χ0) is 18.7. The van der Waals surface area contributed by atoms with Crippen LogP contribution in [0.2, 0.25) is 5.02 Å². The number of carboxylic acid groups (broad SMARTS) is 1. The maximum absolute atomic E-state index is 12.4. The molecule has 7 nitrogen and oxygen atoms in total. The van der Waals surface area contributed by atoms with E-state index in [4.69, 9.17) is 11.6 Å². The number of aliphatic carboxylic acids is 1. The van der Waals surface area contributed by atoms with E-state index in [1.807, 2.05) is 29.2 Å². The molecule has 3 rings (SSSR count). The molecule has 1 saturated heterocycles. The fourth-order valence-corrected chi connectivity index (χ4v) is 3.30. The molecule has 1 fully saturated rings. The SMILES string of the molecule is CC1(C(=O)O)CCN(CC(=O)Nc2ccnn2Cc2ccccc2Cl)C1. The van der Waals surface area contributed by atoms with Crippen molar-refractivity contribution in [3.8, 4) is 0 Å². The van der Waals surface area contributed by atoms with Crippen LogP contribution in [0.4, 0.5) is 5.82 Å². The largest absolute Gasteiger partial charge is 0.481 e. The van der Waals surface area contributed by atoms with Gasteiger partial charge in [-0.2, -0.15) is 5.10 Å². The van der Waals surface area contributed by atoms with Gasteiger partial charge < -0.3 is 10.4 Å². The highest BCUT2D eigenvalue weighted by Crippen LogP contribution is 2.29. The van der Waals surface area contributed by atoms with Crippen LogP contribution in [0.5, 0.6) is 0 Å². The molecule has 0 radical (unpaired) electrons. The average molecular weight is 377 g/mol. The van der Waals surface area contributed by atoms with Crippen LogP contribution in [-0.2, 0) is 16.1 Å². The molecule has 1 amide bonds. The number of nitrogens with one attached hydrogen (secondary N) is 1. The third-order valence-corrected chi connectivity index (χ3v) is 5.07. The molecular formula is C18H21ClN4O3. The predicted octanol–water partition coefficient (Wildman–Crippen LogP) is 2.32. The number of benzene rings is 1. The van der Waals surface area contributed by atoms with Crippen molar-refractivity contribution >= 4 is 29.3 Å². The summed E-state index contributed by atoms with van der Waals surface area (Å²) in [5.74, 6) is -0.436. The van der Waals surface area contributed by atoms with Crippen LogP contribution in [-0.4, -0.2) is 51.3 Å². The molecule has 2 N–H and O–H groups in total. The van der Waals surface area contributed by atoms with Crippen molar-refractivity contribution in [3.05, 3.63) is 47.1 Å². The average Bonchev–Trinajstić information content (AvgIpc) is 3.17. The third-order valence-electron chi connectivity index (χ3n) is 4.70. The molecular weight excluding hydrogens is 356 g/mol. The Kier molecular flexibility index (Phi) is 5.29. The second-order valence-corrected chi connectivity index (χ2v) is 7.25. The minimum atomic E-state index is -0.821. The van der Waals surface area contributed by atoms with Crippen molar-refractivity contribution in [3.63, 3.8) is 0 Å². The van der Waals surface area contributed by atoms with E-state index in [1.54, 1.807) is 23.9 Å². The third kappa shape index (κ3) is 4.05. The normalized spacial score (nSPS) is 20.2. The standard InChI is InChI=1S/C18H21ClN4O3/c1-18(17(25)26)7-9-22(12-18)11-16(24)21-15-6-8-20-23(15)10-13-4-2-3-5-14(13)19/h2-6,8H,7,9-12H2,1H3,(H,21,24)(H,25,26). The predicted molar refractivity (Wildman–Crippen MR) is 98.2 cm³/mol. The smallest absolute Gasteiger partial charge is 0.310 e. The Morgan fingerprint density at radius 1 is 1.35 bits per heavy atom. The quantitative estimate of drug-likeness (QED) is 0.807. The molecule has 1 aromatic heterocycles. The van der Waals surface area contributed by atoms with E-state index in [0.29, 0.717) is 36.9 Å². The molecule has 0 saturated carbocycles. The monoisotopic (exact) mass is 376 g/mol. The highest BCUT2D eigenvalue weighted by atomic mass is 35.5. The van der Waals surface area contributed by atoms with Gasteiger partial charge in [0.1, 0.15) is 5.82 Å². The van der Waals surface area contributed by atoms with E-state index in [2.05, 4.69) is 10.4 Å². The molecule has 0 bridgehead atoms. The second-order valence-electron chi connectivity index (χ2n) is 6.84. The van der Waals surface area contributed by atoms with Gasteiger partial charge in [0.05, 0.1) is 24.7 Å². The molecule has 1 atom stereocenters. The number of likely N-dealkylation sites (tertiary alicyclic amines) is 1. The number of hydrogen-bond acceptors (Lipinski definition) is 4. The number of carboxylic acids is 1. The van der Waals surface area contributed by atoms with E-state index in [-0.39, 0.29) is 12.5 Å². The Balaban J connectivity index is 1.60. The summed E-state index contributed by atoms with van der Waals surface area (Å²) < 4.78 is 1.67. The molecule has 26 heavy (non-hydrogen) atoms. The van der Waals surface area contributed by atoms with Gasteiger partial charge >= 0.3 is 5.97 Å². The number of halogens is 1. The highest BCUT2D eigenvalue weighted by Gasteiger charge is 2.40. The lowest BCUT2D eigenvalue weighted by Crippen LogP contribution is -2.36. The Bertz CT molecular complexity index is 822. The fourth-order valence-electron chi connectivity index (χ4n) is 3.10. The molecule has 0 aliphatic carbocycles. The van der Waals surface area contributed by atoms with Crippen molar-refractivity contribution in [2.45, 2.75) is 19.9 Å². The summed E-state index contributed by atoms with van der Waals surface area (Å²) in [6.07, 6.45) is 2.16. The van der Waals surface area contributed by atoms with Gasteiger partial charge in [-0.15, -0.1) is 0 Å². The maximum atomic E-state index is 12.4. The molecule has 2 heterocycles. The van der Waals surface area contributed by atoms with Crippen LogP contribution in [0.15, 0.2) is 36.5 Å². The Morgan fingerprint density at radius 3 is 2.81 bits per heavy atom. The maximum Gasteiger partial charge on any atom is 0.310 e. The summed E-state index contributed by atoms with van der Waals surface area (Å²) in [6.45, 7) is 3.28. The number of carbonyl (C=O) groups is 2. The summed E-state index contributed by atoms with van der Waals surface area (Å²) in [7, 11) is 0. The van der Waals surface area contributed by atoms with E-state index in [9.17, 15) is 14.7 Å². The molecule has 1 unspecified atom stereocenters. The minimum Gasteiger partial charge on any atom is -0.481 e.